The van der Waals surface area contributed by atoms with E-state index >= 15 is 0 Å². The number of morpholine rings is 1. The fourth-order valence-corrected chi connectivity index (χ4v) is 4.34. The van der Waals surface area contributed by atoms with Crippen molar-refractivity contribution in [2.24, 2.45) is 0 Å². The second-order valence-corrected chi connectivity index (χ2v) is 7.67. The van der Waals surface area contributed by atoms with Gasteiger partial charge in [0, 0.05) is 58.9 Å². The Balaban J connectivity index is 1.50. The van der Waals surface area contributed by atoms with E-state index < -0.39 is 6.23 Å². The number of aromatic amines is 1. The van der Waals surface area contributed by atoms with E-state index in [1.54, 1.807) is 0 Å². The average Bonchev–Trinajstić information content (AvgIpc) is 3.27. The summed E-state index contributed by atoms with van der Waals surface area (Å²) in [6, 6.07) is 12.6. The van der Waals surface area contributed by atoms with Crippen molar-refractivity contribution in [1.82, 2.24) is 15.2 Å². The number of hydrogen-bond acceptors (Lipinski definition) is 4. The molecule has 27 heavy (non-hydrogen) atoms. The van der Waals surface area contributed by atoms with E-state index in [0.717, 1.165) is 60.7 Å². The molecule has 1 saturated heterocycles. The Kier molecular flexibility index (Phi) is 4.42. The van der Waals surface area contributed by atoms with Gasteiger partial charge in [0.05, 0.1) is 13.2 Å². The first kappa shape index (κ1) is 17.2. The highest BCUT2D eigenvalue weighted by atomic mass is 35.5. The number of nitrogens with one attached hydrogen (secondary N) is 2. The molecule has 6 heteroatoms. The van der Waals surface area contributed by atoms with Gasteiger partial charge >= 0.3 is 0 Å². The predicted octanol–water partition coefficient (Wildman–Crippen LogP) is 3.41. The first-order chi connectivity index (χ1) is 13.2. The lowest BCUT2D eigenvalue weighted by Gasteiger charge is -2.26. The second kappa shape index (κ2) is 6.93. The Morgan fingerprint density at radius 2 is 2.00 bits per heavy atom. The Hall–Kier alpha value is -1.89. The third-order valence-electron chi connectivity index (χ3n) is 5.53. The van der Waals surface area contributed by atoms with Crippen LogP contribution in [0, 0.1) is 0 Å². The highest BCUT2D eigenvalue weighted by molar-refractivity contribution is 6.31. The standard InChI is InChI=1S/C21H22ClN3O2/c22-17-3-2-15(20-16(17)11-23-21(20)26)19-10-14-9-13(1-4-18(14)24-19)12-25-5-7-27-8-6-25/h1-4,9-10,21,23-24,26H,5-8,11-12H2. The van der Waals surface area contributed by atoms with Crippen LogP contribution in [0.5, 0.6) is 0 Å². The molecule has 140 valence electrons. The second-order valence-electron chi connectivity index (χ2n) is 7.26. The minimum atomic E-state index is -0.683. The summed E-state index contributed by atoms with van der Waals surface area (Å²) >= 11 is 6.31. The topological polar surface area (TPSA) is 60.5 Å². The van der Waals surface area contributed by atoms with Crippen LogP contribution in [-0.2, 0) is 17.8 Å². The number of aliphatic hydroxyl groups excluding tert-OH is 1. The molecule has 3 aromatic rings. The highest BCUT2D eigenvalue weighted by Gasteiger charge is 2.26. The van der Waals surface area contributed by atoms with Crippen molar-refractivity contribution in [3.63, 3.8) is 0 Å². The molecule has 0 saturated carbocycles. The molecule has 1 unspecified atom stereocenters. The molecule has 0 radical (unpaired) electrons. The quantitative estimate of drug-likeness (QED) is 0.648. The van der Waals surface area contributed by atoms with Crippen LogP contribution in [0.25, 0.3) is 22.2 Å². The van der Waals surface area contributed by atoms with Gasteiger partial charge in [0.1, 0.15) is 6.23 Å². The average molecular weight is 384 g/mol. The molecule has 1 fully saturated rings. The molecule has 1 aromatic heterocycles. The van der Waals surface area contributed by atoms with Crippen LogP contribution in [0.3, 0.4) is 0 Å². The third kappa shape index (κ3) is 3.16. The minimum Gasteiger partial charge on any atom is -0.379 e. The van der Waals surface area contributed by atoms with Crippen molar-refractivity contribution in [2.75, 3.05) is 26.3 Å². The Labute approximate surface area is 162 Å². The molecule has 3 heterocycles. The van der Waals surface area contributed by atoms with Crippen molar-refractivity contribution in [1.29, 1.82) is 0 Å². The first-order valence-corrected chi connectivity index (χ1v) is 9.72. The number of aromatic nitrogens is 1. The molecule has 0 aliphatic carbocycles. The maximum atomic E-state index is 10.3. The van der Waals surface area contributed by atoms with Crippen LogP contribution in [0.2, 0.25) is 5.02 Å². The molecule has 0 bridgehead atoms. The van der Waals surface area contributed by atoms with Crippen molar-refractivity contribution in [2.45, 2.75) is 19.3 Å². The van der Waals surface area contributed by atoms with Gasteiger partial charge < -0.3 is 14.8 Å². The molecule has 3 N–H and O–H groups in total. The highest BCUT2D eigenvalue weighted by Crippen LogP contribution is 2.38. The number of aliphatic hydroxyl groups is 1. The van der Waals surface area contributed by atoms with Crippen molar-refractivity contribution >= 4 is 22.5 Å². The zero-order valence-corrected chi connectivity index (χ0v) is 15.7. The van der Waals surface area contributed by atoms with Gasteiger partial charge in [-0.2, -0.15) is 0 Å². The molecule has 0 amide bonds. The van der Waals surface area contributed by atoms with E-state index in [1.807, 2.05) is 12.1 Å². The molecule has 5 nitrogen and oxygen atoms in total. The van der Waals surface area contributed by atoms with E-state index in [-0.39, 0.29) is 0 Å². The predicted molar refractivity (Wildman–Crippen MR) is 107 cm³/mol. The molecule has 2 aliphatic heterocycles. The summed E-state index contributed by atoms with van der Waals surface area (Å²) in [5, 5.41) is 15.3. The molecule has 0 spiro atoms. The zero-order valence-electron chi connectivity index (χ0n) is 15.0. The van der Waals surface area contributed by atoms with E-state index in [0.29, 0.717) is 11.6 Å². The SMILES string of the molecule is OC1NCc2c(Cl)ccc(-c3cc4cc(CN5CCOCC5)ccc4[nH]3)c21. The Morgan fingerprint density at radius 1 is 1.15 bits per heavy atom. The smallest absolute Gasteiger partial charge is 0.132 e. The maximum Gasteiger partial charge on any atom is 0.132 e. The first-order valence-electron chi connectivity index (χ1n) is 9.34. The van der Waals surface area contributed by atoms with Crippen molar-refractivity contribution in [3.05, 3.63) is 58.1 Å². The van der Waals surface area contributed by atoms with Crippen LogP contribution in [0.15, 0.2) is 36.4 Å². The van der Waals surface area contributed by atoms with Crippen LogP contribution in [0.4, 0.5) is 0 Å². The van der Waals surface area contributed by atoms with Crippen molar-refractivity contribution in [3.8, 4) is 11.3 Å². The third-order valence-corrected chi connectivity index (χ3v) is 5.88. The molecule has 5 rings (SSSR count). The number of hydrogen-bond donors (Lipinski definition) is 3. The maximum absolute atomic E-state index is 10.3. The van der Waals surface area contributed by atoms with Crippen LogP contribution < -0.4 is 5.32 Å². The summed E-state index contributed by atoms with van der Waals surface area (Å²) < 4.78 is 5.43. The fraction of sp³-hybridized carbons (Fsp3) is 0.333. The number of rotatable bonds is 3. The zero-order chi connectivity index (χ0) is 18.4. The van der Waals surface area contributed by atoms with E-state index in [1.165, 1.54) is 10.9 Å². The van der Waals surface area contributed by atoms with E-state index in [2.05, 4.69) is 39.5 Å². The van der Waals surface area contributed by atoms with Gasteiger partial charge in [-0.1, -0.05) is 23.7 Å². The lowest BCUT2D eigenvalue weighted by Crippen LogP contribution is -2.35. The van der Waals surface area contributed by atoms with Gasteiger partial charge in [-0.3, -0.25) is 10.2 Å². The number of H-pyrrole nitrogens is 1. The number of halogens is 1. The Morgan fingerprint density at radius 3 is 2.85 bits per heavy atom. The fourth-order valence-electron chi connectivity index (χ4n) is 4.11. The lowest BCUT2D eigenvalue weighted by atomic mass is 10.00. The summed E-state index contributed by atoms with van der Waals surface area (Å²) in [4.78, 5) is 5.92. The number of ether oxygens (including phenoxy) is 1. The minimum absolute atomic E-state index is 0.590. The summed E-state index contributed by atoms with van der Waals surface area (Å²) in [5.41, 5.74) is 6.26. The molecule has 2 aromatic carbocycles. The van der Waals surface area contributed by atoms with Gasteiger partial charge in [0.15, 0.2) is 0 Å². The Bertz CT molecular complexity index is 995. The number of benzene rings is 2. The lowest BCUT2D eigenvalue weighted by molar-refractivity contribution is 0.0342. The molecular formula is C21H22ClN3O2. The van der Waals surface area contributed by atoms with Crippen LogP contribution in [0.1, 0.15) is 22.9 Å². The molecular weight excluding hydrogens is 362 g/mol. The molecule has 2 aliphatic rings. The molecule has 1 atom stereocenters. The van der Waals surface area contributed by atoms with Gasteiger partial charge in [0.2, 0.25) is 0 Å². The van der Waals surface area contributed by atoms with Crippen LogP contribution >= 0.6 is 11.6 Å². The summed E-state index contributed by atoms with van der Waals surface area (Å²) in [6.45, 7) is 5.13. The monoisotopic (exact) mass is 383 g/mol. The van der Waals surface area contributed by atoms with E-state index in [4.69, 9.17) is 16.3 Å². The summed E-state index contributed by atoms with van der Waals surface area (Å²) in [6.07, 6.45) is -0.683. The largest absolute Gasteiger partial charge is 0.379 e. The van der Waals surface area contributed by atoms with Crippen LogP contribution in [-0.4, -0.2) is 41.3 Å². The summed E-state index contributed by atoms with van der Waals surface area (Å²) in [5.74, 6) is 0. The number of nitrogens with zero attached hydrogens (tertiary/aromatic N) is 1. The van der Waals surface area contributed by atoms with Gasteiger partial charge in [0.25, 0.3) is 0 Å². The van der Waals surface area contributed by atoms with Gasteiger partial charge in [-0.05, 0) is 35.4 Å². The normalized spacial score (nSPS) is 20.3. The van der Waals surface area contributed by atoms with Gasteiger partial charge in [-0.15, -0.1) is 0 Å². The number of fused-ring (bicyclic) bond motifs is 2. The summed E-state index contributed by atoms with van der Waals surface area (Å²) in [7, 11) is 0. The van der Waals surface area contributed by atoms with Gasteiger partial charge in [-0.25, -0.2) is 0 Å². The van der Waals surface area contributed by atoms with Crippen molar-refractivity contribution < 1.29 is 9.84 Å². The van der Waals surface area contributed by atoms with E-state index in [9.17, 15) is 5.11 Å².